The number of thiophene rings is 1. The zero-order valence-electron chi connectivity index (χ0n) is 8.75. The third kappa shape index (κ3) is 2.75. The summed E-state index contributed by atoms with van der Waals surface area (Å²) < 4.78 is 0.523. The lowest BCUT2D eigenvalue weighted by molar-refractivity contribution is 0.669. The topological polar surface area (TPSA) is 35.8 Å². The van der Waals surface area contributed by atoms with Crippen LogP contribution in [0.3, 0.4) is 0 Å². The molecule has 2 rings (SSSR count). The minimum absolute atomic E-state index is 0.523. The quantitative estimate of drug-likeness (QED) is 0.856. The van der Waals surface area contributed by atoms with Gasteiger partial charge in [0.25, 0.3) is 0 Å². The van der Waals surface area contributed by atoms with Crippen LogP contribution in [0.4, 0.5) is 0 Å². The Bertz CT molecular complexity index is 374. The lowest BCUT2D eigenvalue weighted by Crippen LogP contribution is -2.25. The van der Waals surface area contributed by atoms with Gasteiger partial charge in [0.1, 0.15) is 10.9 Å². The average Bonchev–Trinajstić information content (AvgIpc) is 2.89. The summed E-state index contributed by atoms with van der Waals surface area (Å²) in [6.07, 6.45) is 4.87. The molecule has 1 aromatic heterocycles. The third-order valence-corrected chi connectivity index (χ3v) is 5.17. The Morgan fingerprint density at radius 1 is 1.60 bits per heavy atom. The largest absolute Gasteiger partial charge is 0.310 e. The third-order valence-electron chi connectivity index (χ3n) is 2.76. The lowest BCUT2D eigenvalue weighted by Gasteiger charge is -2.11. The minimum Gasteiger partial charge on any atom is -0.310 e. The van der Waals surface area contributed by atoms with Crippen molar-refractivity contribution in [3.8, 4) is 6.07 Å². The van der Waals surface area contributed by atoms with Crippen molar-refractivity contribution < 1.29 is 0 Å². The van der Waals surface area contributed by atoms with E-state index in [1.807, 2.05) is 23.9 Å². The molecule has 15 heavy (non-hydrogen) atoms. The Balaban J connectivity index is 1.76. The summed E-state index contributed by atoms with van der Waals surface area (Å²) in [6, 6.07) is 6.09. The summed E-state index contributed by atoms with van der Waals surface area (Å²) >= 11 is 3.55. The Kier molecular flexibility index (Phi) is 3.35. The molecule has 1 fully saturated rings. The fourth-order valence-corrected chi connectivity index (χ4v) is 3.07. The van der Waals surface area contributed by atoms with E-state index in [2.05, 4.69) is 17.6 Å². The van der Waals surface area contributed by atoms with Gasteiger partial charge in [-0.15, -0.1) is 11.3 Å². The Morgan fingerprint density at radius 3 is 2.93 bits per heavy atom. The molecule has 0 amide bonds. The summed E-state index contributed by atoms with van der Waals surface area (Å²) in [7, 11) is 0. The molecule has 1 saturated carbocycles. The molecule has 0 aliphatic heterocycles. The predicted molar refractivity (Wildman–Crippen MR) is 66.2 cm³/mol. The van der Waals surface area contributed by atoms with Gasteiger partial charge in [0.2, 0.25) is 0 Å². The van der Waals surface area contributed by atoms with Crippen molar-refractivity contribution in [3.05, 3.63) is 21.9 Å². The Labute approximate surface area is 98.7 Å². The number of nitrogens with zero attached hydrogens (tertiary/aromatic N) is 1. The van der Waals surface area contributed by atoms with Crippen molar-refractivity contribution in [1.29, 1.82) is 5.26 Å². The van der Waals surface area contributed by atoms with E-state index in [1.165, 1.54) is 17.7 Å². The maximum absolute atomic E-state index is 8.69. The van der Waals surface area contributed by atoms with Crippen LogP contribution >= 0.6 is 23.1 Å². The minimum atomic E-state index is 0.523. The molecule has 0 aromatic carbocycles. The van der Waals surface area contributed by atoms with Crippen molar-refractivity contribution in [3.63, 3.8) is 0 Å². The highest BCUT2D eigenvalue weighted by atomic mass is 32.2. The number of hydrogen-bond acceptors (Lipinski definition) is 4. The molecule has 4 heteroatoms. The summed E-state index contributed by atoms with van der Waals surface area (Å²) in [4.78, 5) is 2.06. The maximum atomic E-state index is 8.69. The smallest absolute Gasteiger partial charge is 0.110 e. The first kappa shape index (κ1) is 11.0. The monoisotopic (exact) mass is 238 g/mol. The van der Waals surface area contributed by atoms with Crippen LogP contribution in [0.1, 0.15) is 22.6 Å². The number of nitriles is 1. The van der Waals surface area contributed by atoms with Crippen LogP contribution in [0.25, 0.3) is 0 Å². The van der Waals surface area contributed by atoms with Crippen molar-refractivity contribution >= 4 is 23.1 Å². The standard InChI is InChI=1S/C11H14N2S2/c1-14-11(4-5-11)8-13-7-10-3-2-9(6-12)15-10/h2-3,13H,4-5,7-8H2,1H3. The number of thioether (sulfide) groups is 1. The van der Waals surface area contributed by atoms with E-state index in [1.54, 1.807) is 11.3 Å². The molecular formula is C11H14N2S2. The van der Waals surface area contributed by atoms with Gasteiger partial charge in [-0.25, -0.2) is 0 Å². The average molecular weight is 238 g/mol. The molecular weight excluding hydrogens is 224 g/mol. The summed E-state index contributed by atoms with van der Waals surface area (Å²) in [5, 5.41) is 12.2. The van der Waals surface area contributed by atoms with Crippen LogP contribution in [0, 0.1) is 11.3 Å². The van der Waals surface area contributed by atoms with E-state index in [0.29, 0.717) is 4.75 Å². The molecule has 1 N–H and O–H groups in total. The Hall–Kier alpha value is -0.500. The van der Waals surface area contributed by atoms with Crippen molar-refractivity contribution in [2.24, 2.45) is 0 Å². The van der Waals surface area contributed by atoms with Crippen molar-refractivity contribution in [1.82, 2.24) is 5.32 Å². The van der Waals surface area contributed by atoms with Gasteiger partial charge in [0.15, 0.2) is 0 Å². The van der Waals surface area contributed by atoms with Crippen LogP contribution in [-0.2, 0) is 6.54 Å². The van der Waals surface area contributed by atoms with E-state index >= 15 is 0 Å². The predicted octanol–water partition coefficient (Wildman–Crippen LogP) is 2.60. The molecule has 0 atom stereocenters. The Morgan fingerprint density at radius 2 is 2.40 bits per heavy atom. The van der Waals surface area contributed by atoms with E-state index in [-0.39, 0.29) is 0 Å². The van der Waals surface area contributed by atoms with Crippen molar-refractivity contribution in [2.75, 3.05) is 12.8 Å². The highest BCUT2D eigenvalue weighted by molar-refractivity contribution is 8.00. The van der Waals surface area contributed by atoms with E-state index < -0.39 is 0 Å². The number of nitrogens with one attached hydrogen (secondary N) is 1. The van der Waals surface area contributed by atoms with E-state index in [4.69, 9.17) is 5.26 Å². The van der Waals surface area contributed by atoms with Gasteiger partial charge < -0.3 is 5.32 Å². The fraction of sp³-hybridized carbons (Fsp3) is 0.545. The van der Waals surface area contributed by atoms with Gasteiger partial charge in [0.05, 0.1) is 0 Å². The summed E-state index contributed by atoms with van der Waals surface area (Å²) in [6.45, 7) is 1.99. The fourth-order valence-electron chi connectivity index (χ4n) is 1.54. The zero-order chi connectivity index (χ0) is 10.7. The molecule has 80 valence electrons. The molecule has 1 aliphatic rings. The summed E-state index contributed by atoms with van der Waals surface area (Å²) in [5.41, 5.74) is 0. The molecule has 0 saturated heterocycles. The van der Waals surface area contributed by atoms with Crippen LogP contribution in [0.2, 0.25) is 0 Å². The zero-order valence-corrected chi connectivity index (χ0v) is 10.4. The van der Waals surface area contributed by atoms with Crippen LogP contribution in [0.15, 0.2) is 12.1 Å². The number of rotatable bonds is 5. The molecule has 0 spiro atoms. The second-order valence-electron chi connectivity index (χ2n) is 3.87. The lowest BCUT2D eigenvalue weighted by atomic mass is 10.4. The van der Waals surface area contributed by atoms with Crippen LogP contribution in [0.5, 0.6) is 0 Å². The maximum Gasteiger partial charge on any atom is 0.110 e. The number of hydrogen-bond donors (Lipinski definition) is 1. The highest BCUT2D eigenvalue weighted by Gasteiger charge is 2.41. The van der Waals surface area contributed by atoms with E-state index in [9.17, 15) is 0 Å². The van der Waals surface area contributed by atoms with Gasteiger partial charge in [-0.1, -0.05) is 0 Å². The summed E-state index contributed by atoms with van der Waals surface area (Å²) in [5.74, 6) is 0. The second kappa shape index (κ2) is 4.56. The van der Waals surface area contributed by atoms with Crippen LogP contribution < -0.4 is 5.32 Å². The molecule has 0 radical (unpaired) electrons. The van der Waals surface area contributed by atoms with Gasteiger partial charge in [0, 0.05) is 22.7 Å². The first-order valence-corrected chi connectivity index (χ1v) is 7.07. The molecule has 1 heterocycles. The van der Waals surface area contributed by atoms with Gasteiger partial charge in [-0.3, -0.25) is 0 Å². The first-order valence-electron chi connectivity index (χ1n) is 5.03. The van der Waals surface area contributed by atoms with Gasteiger partial charge in [-0.05, 0) is 31.2 Å². The SMILES string of the molecule is CSC1(CNCc2ccc(C#N)s2)CC1. The van der Waals surface area contributed by atoms with E-state index in [0.717, 1.165) is 18.0 Å². The molecule has 1 aromatic rings. The highest BCUT2D eigenvalue weighted by Crippen LogP contribution is 2.46. The normalized spacial score (nSPS) is 17.3. The molecule has 1 aliphatic carbocycles. The van der Waals surface area contributed by atoms with Crippen molar-refractivity contribution in [2.45, 2.75) is 24.1 Å². The van der Waals surface area contributed by atoms with Gasteiger partial charge >= 0.3 is 0 Å². The first-order chi connectivity index (χ1) is 7.28. The second-order valence-corrected chi connectivity index (χ2v) is 6.31. The molecule has 2 nitrogen and oxygen atoms in total. The molecule has 0 bridgehead atoms. The van der Waals surface area contributed by atoms with Gasteiger partial charge in [-0.2, -0.15) is 17.0 Å². The molecule has 0 unspecified atom stereocenters. The van der Waals surface area contributed by atoms with Crippen LogP contribution in [-0.4, -0.2) is 17.5 Å².